The predicted molar refractivity (Wildman–Crippen MR) is 80.9 cm³/mol. The van der Waals surface area contributed by atoms with Crippen molar-refractivity contribution in [1.82, 2.24) is 0 Å². The summed E-state index contributed by atoms with van der Waals surface area (Å²) in [6, 6.07) is 8.20. The molecular weight excluding hydrogens is 234 g/mol. The van der Waals surface area contributed by atoms with Gasteiger partial charge in [-0.05, 0) is 18.4 Å². The van der Waals surface area contributed by atoms with Crippen molar-refractivity contribution in [1.29, 1.82) is 0 Å². The van der Waals surface area contributed by atoms with Crippen molar-refractivity contribution in [3.63, 3.8) is 0 Å². The average Bonchev–Trinajstić information content (AvgIpc) is 2.41. The van der Waals surface area contributed by atoms with Crippen LogP contribution in [0.3, 0.4) is 0 Å². The number of nitrogens with one attached hydrogen (secondary N) is 1. The highest BCUT2D eigenvalue weighted by Crippen LogP contribution is 2.10. The van der Waals surface area contributed by atoms with Gasteiger partial charge in [0.1, 0.15) is 0 Å². The van der Waals surface area contributed by atoms with Crippen LogP contribution in [0.25, 0.3) is 0 Å². The van der Waals surface area contributed by atoms with E-state index >= 15 is 0 Å². The first-order valence-corrected chi connectivity index (χ1v) is 7.54. The maximum Gasteiger partial charge on any atom is 0.168 e. The van der Waals surface area contributed by atoms with Gasteiger partial charge in [-0.25, -0.2) is 0 Å². The van der Waals surface area contributed by atoms with E-state index in [0.717, 1.165) is 18.5 Å². The SMILES string of the molecule is CCCCCCc1ccc(C(=O)CC[NH+](C)C)cc1. The minimum Gasteiger partial charge on any atom is -0.339 e. The largest absolute Gasteiger partial charge is 0.339 e. The fourth-order valence-electron chi connectivity index (χ4n) is 2.12. The highest BCUT2D eigenvalue weighted by molar-refractivity contribution is 5.96. The molecule has 0 radical (unpaired) electrons. The Hall–Kier alpha value is -1.15. The molecule has 2 heteroatoms. The van der Waals surface area contributed by atoms with Crippen molar-refractivity contribution in [3.8, 4) is 0 Å². The Morgan fingerprint density at radius 1 is 1.05 bits per heavy atom. The van der Waals surface area contributed by atoms with E-state index in [9.17, 15) is 4.79 Å². The van der Waals surface area contributed by atoms with Gasteiger partial charge < -0.3 is 4.90 Å². The molecule has 0 aliphatic carbocycles. The molecule has 1 aromatic rings. The topological polar surface area (TPSA) is 21.5 Å². The number of rotatable bonds is 9. The van der Waals surface area contributed by atoms with E-state index in [0.29, 0.717) is 6.42 Å². The Kier molecular flexibility index (Phi) is 7.42. The van der Waals surface area contributed by atoms with E-state index < -0.39 is 0 Å². The van der Waals surface area contributed by atoms with Gasteiger partial charge in [-0.3, -0.25) is 4.79 Å². The van der Waals surface area contributed by atoms with Crippen molar-refractivity contribution in [2.24, 2.45) is 0 Å². The predicted octanol–water partition coefficient (Wildman–Crippen LogP) is 2.53. The molecule has 1 aromatic carbocycles. The Bertz CT molecular complexity index is 367. The number of carbonyl (C=O) groups excluding carboxylic acids is 1. The molecule has 0 aliphatic heterocycles. The third-order valence-electron chi connectivity index (χ3n) is 3.45. The number of carbonyl (C=O) groups is 1. The molecule has 0 bridgehead atoms. The Balaban J connectivity index is 2.40. The molecule has 0 fully saturated rings. The molecule has 0 aromatic heterocycles. The minimum absolute atomic E-state index is 0.263. The lowest BCUT2D eigenvalue weighted by Crippen LogP contribution is -3.05. The number of hydrogen-bond donors (Lipinski definition) is 1. The summed E-state index contributed by atoms with van der Waals surface area (Å²) in [5.41, 5.74) is 2.21. The summed E-state index contributed by atoms with van der Waals surface area (Å²) >= 11 is 0. The highest BCUT2D eigenvalue weighted by Gasteiger charge is 2.07. The van der Waals surface area contributed by atoms with Crippen LogP contribution >= 0.6 is 0 Å². The zero-order valence-corrected chi connectivity index (χ0v) is 12.7. The summed E-state index contributed by atoms with van der Waals surface area (Å²) < 4.78 is 0. The van der Waals surface area contributed by atoms with E-state index in [2.05, 4.69) is 33.2 Å². The molecule has 0 saturated carbocycles. The third kappa shape index (κ3) is 6.53. The minimum atomic E-state index is 0.263. The molecule has 1 rings (SSSR count). The second-order valence-corrected chi connectivity index (χ2v) is 5.64. The maximum absolute atomic E-state index is 11.9. The zero-order chi connectivity index (χ0) is 14.1. The van der Waals surface area contributed by atoms with Crippen LogP contribution < -0.4 is 4.90 Å². The first-order valence-electron chi connectivity index (χ1n) is 7.54. The van der Waals surface area contributed by atoms with E-state index in [1.807, 2.05) is 12.1 Å². The summed E-state index contributed by atoms with van der Waals surface area (Å²) in [6.07, 6.45) is 6.94. The van der Waals surface area contributed by atoms with Gasteiger partial charge in [0.05, 0.1) is 27.1 Å². The number of Topliss-reactive ketones (excluding diaryl/α,β-unsaturated/α-hetero) is 1. The first kappa shape index (κ1) is 15.9. The van der Waals surface area contributed by atoms with Gasteiger partial charge in [0.15, 0.2) is 5.78 Å². The van der Waals surface area contributed by atoms with Crippen LogP contribution in [0.2, 0.25) is 0 Å². The van der Waals surface area contributed by atoms with Crippen LogP contribution in [0.15, 0.2) is 24.3 Å². The van der Waals surface area contributed by atoms with Gasteiger partial charge in [-0.1, -0.05) is 50.5 Å². The molecule has 1 N–H and O–H groups in total. The number of unbranched alkanes of at least 4 members (excludes halogenated alkanes) is 3. The fraction of sp³-hybridized carbons (Fsp3) is 0.588. The molecule has 0 spiro atoms. The monoisotopic (exact) mass is 262 g/mol. The lowest BCUT2D eigenvalue weighted by Gasteiger charge is -2.07. The molecule has 0 unspecified atom stereocenters. The lowest BCUT2D eigenvalue weighted by atomic mass is 10.0. The lowest BCUT2D eigenvalue weighted by molar-refractivity contribution is -0.857. The van der Waals surface area contributed by atoms with Crippen LogP contribution in [0.1, 0.15) is 54.9 Å². The maximum atomic E-state index is 11.9. The molecule has 2 nitrogen and oxygen atoms in total. The molecule has 106 valence electrons. The van der Waals surface area contributed by atoms with E-state index in [1.54, 1.807) is 0 Å². The highest BCUT2D eigenvalue weighted by atomic mass is 16.1. The molecule has 0 aliphatic rings. The molecular formula is C17H28NO+. The van der Waals surface area contributed by atoms with Crippen molar-refractivity contribution < 1.29 is 9.69 Å². The first-order chi connectivity index (χ1) is 9.13. The van der Waals surface area contributed by atoms with Gasteiger partial charge >= 0.3 is 0 Å². The van der Waals surface area contributed by atoms with E-state index in [1.165, 1.54) is 36.1 Å². The van der Waals surface area contributed by atoms with Crippen molar-refractivity contribution in [2.75, 3.05) is 20.6 Å². The van der Waals surface area contributed by atoms with E-state index in [4.69, 9.17) is 0 Å². The number of aryl methyl sites for hydroxylation is 1. The second-order valence-electron chi connectivity index (χ2n) is 5.64. The Labute approximate surface area is 117 Å². The van der Waals surface area contributed by atoms with Crippen LogP contribution in [-0.2, 0) is 6.42 Å². The van der Waals surface area contributed by atoms with Crippen molar-refractivity contribution in [3.05, 3.63) is 35.4 Å². The summed E-state index contributed by atoms with van der Waals surface area (Å²) in [5, 5.41) is 0. The third-order valence-corrected chi connectivity index (χ3v) is 3.45. The van der Waals surface area contributed by atoms with Crippen LogP contribution in [0.5, 0.6) is 0 Å². The molecule has 0 saturated heterocycles. The molecule has 19 heavy (non-hydrogen) atoms. The smallest absolute Gasteiger partial charge is 0.168 e. The zero-order valence-electron chi connectivity index (χ0n) is 12.7. The van der Waals surface area contributed by atoms with Crippen LogP contribution in [0, 0.1) is 0 Å². The Morgan fingerprint density at radius 3 is 2.32 bits per heavy atom. The molecule has 0 heterocycles. The fourth-order valence-corrected chi connectivity index (χ4v) is 2.12. The quantitative estimate of drug-likeness (QED) is 0.536. The standard InChI is InChI=1S/C17H27NO/c1-4-5-6-7-8-15-9-11-16(12-10-15)17(19)13-14-18(2)3/h9-12H,4-8,13-14H2,1-3H3/p+1. The number of benzene rings is 1. The number of hydrogen-bond acceptors (Lipinski definition) is 1. The van der Waals surface area contributed by atoms with Gasteiger partial charge in [0, 0.05) is 5.56 Å². The van der Waals surface area contributed by atoms with Gasteiger partial charge in [-0.2, -0.15) is 0 Å². The summed E-state index contributed by atoms with van der Waals surface area (Å²) in [5.74, 6) is 0.263. The summed E-state index contributed by atoms with van der Waals surface area (Å²) in [6.45, 7) is 3.13. The summed E-state index contributed by atoms with van der Waals surface area (Å²) in [7, 11) is 4.15. The number of ketones is 1. The number of quaternary nitrogens is 1. The molecule has 0 amide bonds. The van der Waals surface area contributed by atoms with E-state index in [-0.39, 0.29) is 5.78 Å². The summed E-state index contributed by atoms with van der Waals surface area (Å²) in [4.78, 5) is 13.3. The van der Waals surface area contributed by atoms with Gasteiger partial charge in [0.25, 0.3) is 0 Å². The van der Waals surface area contributed by atoms with Gasteiger partial charge in [-0.15, -0.1) is 0 Å². The van der Waals surface area contributed by atoms with Gasteiger partial charge in [0.2, 0.25) is 0 Å². The normalized spacial score (nSPS) is 10.9. The van der Waals surface area contributed by atoms with Crippen molar-refractivity contribution >= 4 is 5.78 Å². The van der Waals surface area contributed by atoms with Crippen molar-refractivity contribution in [2.45, 2.75) is 45.4 Å². The molecule has 0 atom stereocenters. The Morgan fingerprint density at radius 2 is 1.74 bits per heavy atom. The average molecular weight is 262 g/mol. The van der Waals surface area contributed by atoms with Crippen LogP contribution in [0.4, 0.5) is 0 Å². The van der Waals surface area contributed by atoms with Crippen LogP contribution in [-0.4, -0.2) is 26.4 Å². The second kappa shape index (κ2) is 8.87.